The van der Waals surface area contributed by atoms with Crippen molar-refractivity contribution in [3.63, 3.8) is 0 Å². The van der Waals surface area contributed by atoms with Crippen LogP contribution in [0.1, 0.15) is 0 Å². The van der Waals surface area contributed by atoms with Gasteiger partial charge in [0.05, 0.1) is 5.75 Å². The Labute approximate surface area is 105 Å². The lowest BCUT2D eigenvalue weighted by Gasteiger charge is -2.00. The molecule has 0 fully saturated rings. The van der Waals surface area contributed by atoms with Crippen LogP contribution in [0.5, 0.6) is 0 Å². The summed E-state index contributed by atoms with van der Waals surface area (Å²) in [4.78, 5) is 26.8. The number of thiazole rings is 1. The second-order valence-electron chi connectivity index (χ2n) is 2.80. The van der Waals surface area contributed by atoms with E-state index < -0.39 is 0 Å². The maximum absolute atomic E-state index is 11.5. The summed E-state index contributed by atoms with van der Waals surface area (Å²) in [7, 11) is 0. The summed E-state index contributed by atoms with van der Waals surface area (Å²) < 4.78 is 0. The van der Waals surface area contributed by atoms with Crippen LogP contribution in [0, 0.1) is 0 Å². The second-order valence-corrected chi connectivity index (χ2v) is 4.64. The Morgan fingerprint density at radius 1 is 1.47 bits per heavy atom. The van der Waals surface area contributed by atoms with Crippen molar-refractivity contribution in [3.8, 4) is 0 Å². The molecule has 0 aromatic carbocycles. The van der Waals surface area contributed by atoms with Crippen molar-refractivity contribution in [2.24, 2.45) is 0 Å². The van der Waals surface area contributed by atoms with Gasteiger partial charge in [0.25, 0.3) is 0 Å². The zero-order chi connectivity index (χ0) is 12.1. The fraction of sp³-hybridized carbons (Fsp3) is 0.125. The molecule has 2 heterocycles. The lowest BCUT2D eigenvalue weighted by Crippen LogP contribution is -2.14. The third-order valence-electron chi connectivity index (χ3n) is 1.58. The Balaban J connectivity index is 1.84. The number of anilines is 2. The fourth-order valence-electron chi connectivity index (χ4n) is 0.933. The van der Waals surface area contributed by atoms with Gasteiger partial charge < -0.3 is 11.1 Å². The molecule has 0 atom stereocenters. The van der Waals surface area contributed by atoms with E-state index in [1.807, 2.05) is 0 Å². The Hall–Kier alpha value is -1.74. The molecule has 1 amide bonds. The maximum Gasteiger partial charge on any atom is 0.236 e. The molecule has 0 saturated heterocycles. The zero-order valence-corrected chi connectivity index (χ0v) is 10.2. The third kappa shape index (κ3) is 3.64. The van der Waals surface area contributed by atoms with Crippen LogP contribution in [0.3, 0.4) is 0 Å². The van der Waals surface area contributed by atoms with E-state index >= 15 is 0 Å². The van der Waals surface area contributed by atoms with Crippen LogP contribution in [0.2, 0.25) is 0 Å². The molecular weight excluding hydrogens is 260 g/mol. The normalized spacial score (nSPS) is 10.1. The third-order valence-corrected chi connectivity index (χ3v) is 3.13. The average molecular weight is 268 g/mol. The highest BCUT2D eigenvalue weighted by atomic mass is 32.2. The lowest BCUT2D eigenvalue weighted by atomic mass is 10.7. The van der Waals surface area contributed by atoms with Gasteiger partial charge in [-0.1, -0.05) is 11.8 Å². The SMILES string of the molecule is Nc1ncnc(SCC(=O)Nc2nccs2)n1. The molecule has 7 nitrogen and oxygen atoms in total. The monoisotopic (exact) mass is 268 g/mol. The van der Waals surface area contributed by atoms with Gasteiger partial charge in [-0.25, -0.2) is 15.0 Å². The molecule has 0 aliphatic heterocycles. The smallest absolute Gasteiger partial charge is 0.236 e. The molecule has 2 aromatic rings. The van der Waals surface area contributed by atoms with Gasteiger partial charge in [-0.3, -0.25) is 4.79 Å². The quantitative estimate of drug-likeness (QED) is 0.783. The van der Waals surface area contributed by atoms with Crippen LogP contribution in [0.25, 0.3) is 0 Å². The van der Waals surface area contributed by atoms with Crippen molar-refractivity contribution in [3.05, 3.63) is 17.9 Å². The predicted octanol–water partition coefficient (Wildman–Crippen LogP) is 0.641. The molecular formula is C8H8N6OS2. The number of thioether (sulfide) groups is 1. The summed E-state index contributed by atoms with van der Waals surface area (Å²) in [5.74, 6) is 0.176. The van der Waals surface area contributed by atoms with Gasteiger partial charge in [0.2, 0.25) is 11.9 Å². The highest BCUT2D eigenvalue weighted by molar-refractivity contribution is 7.99. The molecule has 0 unspecified atom stereocenters. The highest BCUT2D eigenvalue weighted by Crippen LogP contribution is 2.14. The Morgan fingerprint density at radius 3 is 3.06 bits per heavy atom. The largest absolute Gasteiger partial charge is 0.368 e. The van der Waals surface area contributed by atoms with Gasteiger partial charge in [-0.2, -0.15) is 4.98 Å². The van der Waals surface area contributed by atoms with E-state index in [0.717, 1.165) is 0 Å². The number of carbonyl (C=O) groups excluding carboxylic acids is 1. The minimum Gasteiger partial charge on any atom is -0.368 e. The van der Waals surface area contributed by atoms with Crippen LogP contribution in [0.15, 0.2) is 23.1 Å². The molecule has 0 aliphatic rings. The van der Waals surface area contributed by atoms with Crippen molar-refractivity contribution < 1.29 is 4.79 Å². The molecule has 3 N–H and O–H groups in total. The van der Waals surface area contributed by atoms with E-state index in [2.05, 4.69) is 25.3 Å². The Morgan fingerprint density at radius 2 is 2.35 bits per heavy atom. The number of amides is 1. The zero-order valence-electron chi connectivity index (χ0n) is 8.53. The lowest BCUT2D eigenvalue weighted by molar-refractivity contribution is -0.113. The molecule has 88 valence electrons. The Kier molecular flexibility index (Phi) is 3.83. The van der Waals surface area contributed by atoms with Crippen molar-refractivity contribution in [1.82, 2.24) is 19.9 Å². The van der Waals surface area contributed by atoms with Gasteiger partial charge in [0.1, 0.15) is 6.33 Å². The number of rotatable bonds is 4. The van der Waals surface area contributed by atoms with Crippen molar-refractivity contribution in [1.29, 1.82) is 0 Å². The first-order chi connectivity index (χ1) is 8.24. The van der Waals surface area contributed by atoms with Crippen LogP contribution in [-0.4, -0.2) is 31.6 Å². The van der Waals surface area contributed by atoms with Crippen LogP contribution >= 0.6 is 23.1 Å². The molecule has 9 heteroatoms. The number of nitrogens with zero attached hydrogens (tertiary/aromatic N) is 4. The first-order valence-corrected chi connectivity index (χ1v) is 6.37. The van der Waals surface area contributed by atoms with Crippen molar-refractivity contribution in [2.75, 3.05) is 16.8 Å². The first kappa shape index (κ1) is 11.7. The number of hydrogen-bond donors (Lipinski definition) is 2. The van der Waals surface area contributed by atoms with Gasteiger partial charge >= 0.3 is 0 Å². The minimum absolute atomic E-state index is 0.142. The van der Waals surface area contributed by atoms with Gasteiger partial charge in [0.15, 0.2) is 10.3 Å². The summed E-state index contributed by atoms with van der Waals surface area (Å²) >= 11 is 2.55. The number of aromatic nitrogens is 4. The van der Waals surface area contributed by atoms with E-state index in [-0.39, 0.29) is 17.6 Å². The minimum atomic E-state index is -0.163. The number of nitrogens with two attached hydrogens (primary N) is 1. The standard InChI is InChI=1S/C8H8N6OS2/c9-6-11-4-12-8(14-6)17-3-5(15)13-7-10-1-2-16-7/h1-2,4H,3H2,(H,10,13,15)(H2,9,11,12,14). The molecule has 2 aromatic heterocycles. The maximum atomic E-state index is 11.5. The molecule has 0 bridgehead atoms. The van der Waals surface area contributed by atoms with Crippen LogP contribution in [0.4, 0.5) is 11.1 Å². The predicted molar refractivity (Wildman–Crippen MR) is 65.7 cm³/mol. The van der Waals surface area contributed by atoms with Crippen molar-refractivity contribution >= 4 is 40.1 Å². The van der Waals surface area contributed by atoms with Gasteiger partial charge in [0, 0.05) is 11.6 Å². The number of hydrogen-bond acceptors (Lipinski definition) is 8. The summed E-state index contributed by atoms with van der Waals surface area (Å²) in [5.41, 5.74) is 5.39. The summed E-state index contributed by atoms with van der Waals surface area (Å²) in [6, 6.07) is 0. The molecule has 17 heavy (non-hydrogen) atoms. The summed E-state index contributed by atoms with van der Waals surface area (Å²) in [6.45, 7) is 0. The number of nitrogens with one attached hydrogen (secondary N) is 1. The molecule has 0 radical (unpaired) electrons. The molecule has 0 aliphatic carbocycles. The van der Waals surface area contributed by atoms with Gasteiger partial charge in [-0.05, 0) is 0 Å². The van der Waals surface area contributed by atoms with Crippen LogP contribution in [-0.2, 0) is 4.79 Å². The number of carbonyl (C=O) groups is 1. The van der Waals surface area contributed by atoms with Crippen molar-refractivity contribution in [2.45, 2.75) is 5.16 Å². The second kappa shape index (κ2) is 5.55. The fourth-order valence-corrected chi connectivity index (χ4v) is 2.09. The summed E-state index contributed by atoms with van der Waals surface area (Å²) in [5, 5.41) is 5.44. The van der Waals surface area contributed by atoms with E-state index in [9.17, 15) is 4.79 Å². The van der Waals surface area contributed by atoms with Crippen LogP contribution < -0.4 is 11.1 Å². The van der Waals surface area contributed by atoms with E-state index in [4.69, 9.17) is 5.73 Å². The topological polar surface area (TPSA) is 107 Å². The van der Waals surface area contributed by atoms with E-state index in [1.165, 1.54) is 29.4 Å². The molecule has 0 spiro atoms. The highest BCUT2D eigenvalue weighted by Gasteiger charge is 2.06. The Bertz CT molecular complexity index is 502. The van der Waals surface area contributed by atoms with E-state index in [1.54, 1.807) is 11.6 Å². The molecule has 2 rings (SSSR count). The van der Waals surface area contributed by atoms with Gasteiger partial charge in [-0.15, -0.1) is 11.3 Å². The number of nitrogen functional groups attached to an aromatic ring is 1. The first-order valence-electron chi connectivity index (χ1n) is 4.50. The molecule has 0 saturated carbocycles. The van der Waals surface area contributed by atoms with E-state index in [0.29, 0.717) is 10.3 Å². The average Bonchev–Trinajstić information content (AvgIpc) is 2.79. The summed E-state index contributed by atoms with van der Waals surface area (Å²) in [6.07, 6.45) is 2.93.